The highest BCUT2D eigenvalue weighted by Gasteiger charge is 2.43. The fourth-order valence-corrected chi connectivity index (χ4v) is 13.8. The first-order valence-electron chi connectivity index (χ1n) is 31.4. The lowest BCUT2D eigenvalue weighted by Crippen LogP contribution is -2.61. The summed E-state index contributed by atoms with van der Waals surface area (Å²) in [5.74, 6) is 2.33. The van der Waals surface area contributed by atoms with Crippen molar-refractivity contribution < 1.29 is 0 Å². The molecule has 0 bridgehead atoms. The Kier molecular flexibility index (Phi) is 13.0. The number of aromatic nitrogens is 6. The molecule has 0 unspecified atom stereocenters. The summed E-state index contributed by atoms with van der Waals surface area (Å²) in [7, 11) is 0. The van der Waals surface area contributed by atoms with E-state index in [1.165, 1.54) is 44.1 Å². The Morgan fingerprint density at radius 3 is 1.42 bits per heavy atom. The number of fused-ring (bicyclic) bond motifs is 7. The van der Waals surface area contributed by atoms with E-state index in [0.717, 1.165) is 95.4 Å². The van der Waals surface area contributed by atoms with Crippen LogP contribution in [0.25, 0.3) is 107 Å². The van der Waals surface area contributed by atoms with Crippen molar-refractivity contribution in [3.8, 4) is 84.9 Å². The minimum atomic E-state index is -0.0528. The number of hydrogen-bond donors (Lipinski definition) is 0. The normalized spacial score (nSPS) is 12.4. The number of para-hydroxylation sites is 4. The van der Waals surface area contributed by atoms with E-state index < -0.39 is 0 Å². The smallest absolute Gasteiger partial charge is 0.252 e. The number of benzene rings is 12. The van der Waals surface area contributed by atoms with Gasteiger partial charge in [-0.2, -0.15) is 0 Å². The van der Waals surface area contributed by atoms with Gasteiger partial charge >= 0.3 is 0 Å². The second-order valence-corrected chi connectivity index (χ2v) is 24.8. The summed E-state index contributed by atoms with van der Waals surface area (Å²) in [6.07, 6.45) is 0. The van der Waals surface area contributed by atoms with Crippen molar-refractivity contribution in [2.45, 2.75) is 26.2 Å². The molecule has 0 saturated heterocycles. The van der Waals surface area contributed by atoms with Gasteiger partial charge in [-0.15, -0.1) is 0 Å². The highest BCUT2D eigenvalue weighted by Crippen LogP contribution is 2.46. The Balaban J connectivity index is 0.838. The van der Waals surface area contributed by atoms with Gasteiger partial charge in [0.15, 0.2) is 23.3 Å². The van der Waals surface area contributed by atoms with E-state index in [2.05, 4.69) is 272 Å². The molecule has 0 amide bonds. The van der Waals surface area contributed by atoms with E-state index in [4.69, 9.17) is 24.9 Å². The van der Waals surface area contributed by atoms with Crippen LogP contribution in [0.3, 0.4) is 0 Å². The molecule has 12 aromatic carbocycles. The average molecular weight is 1180 g/mol. The number of nitrogens with zero attached hydrogens (tertiary/aromatic N) is 8. The lowest BCUT2D eigenvalue weighted by Gasteiger charge is -2.44. The molecule has 8 nitrogen and oxygen atoms in total. The van der Waals surface area contributed by atoms with Crippen LogP contribution in [0.2, 0.25) is 0 Å². The third-order valence-electron chi connectivity index (χ3n) is 18.2. The molecule has 3 aromatic heterocycles. The standard InChI is InChI=1S/C83H59BN8/c1-83(2,3)61-46-48-72-65(52-61)64-37-16-19-40-71(64)92(72)73-47-45-60(82-88-79(55-27-10-5-11-28-55)87-80(89-82)56-29-12-6-13-30-56)51-66(73)70-53-69(54-25-8-4-9-26-54)85-81(86-70)59-33-22-31-57(49-59)58-32-23-36-63(50-58)91-75-42-21-18-39-68(75)84-67-38-17-20-41-74(67)90(62-34-14-7-15-35-62)76-43-24-44-77(91)78(76)84/h4-53H,1-3H3. The second kappa shape index (κ2) is 22.0. The zero-order valence-electron chi connectivity index (χ0n) is 51.0. The monoisotopic (exact) mass is 1180 g/mol. The molecule has 5 heterocycles. The molecule has 17 rings (SSSR count). The van der Waals surface area contributed by atoms with Crippen LogP contribution in [0.1, 0.15) is 26.3 Å². The van der Waals surface area contributed by atoms with Crippen molar-refractivity contribution in [3.05, 3.63) is 309 Å². The van der Waals surface area contributed by atoms with Crippen LogP contribution in [-0.2, 0) is 5.41 Å². The van der Waals surface area contributed by atoms with Crippen molar-refractivity contribution in [2.75, 3.05) is 9.80 Å². The van der Waals surface area contributed by atoms with Gasteiger partial charge in [0, 0.05) is 78.3 Å². The highest BCUT2D eigenvalue weighted by molar-refractivity contribution is 7.00. The van der Waals surface area contributed by atoms with E-state index in [1.807, 2.05) is 66.7 Å². The van der Waals surface area contributed by atoms with Gasteiger partial charge in [-0.3, -0.25) is 0 Å². The van der Waals surface area contributed by atoms with Crippen LogP contribution >= 0.6 is 0 Å². The summed E-state index contributed by atoms with van der Waals surface area (Å²) in [5, 5.41) is 2.36. The molecule has 0 fully saturated rings. The molecule has 2 aliphatic heterocycles. The third kappa shape index (κ3) is 9.35. The van der Waals surface area contributed by atoms with Gasteiger partial charge < -0.3 is 14.4 Å². The predicted octanol–water partition coefficient (Wildman–Crippen LogP) is 18.8. The van der Waals surface area contributed by atoms with Crippen molar-refractivity contribution in [2.24, 2.45) is 0 Å². The van der Waals surface area contributed by atoms with E-state index in [9.17, 15) is 0 Å². The molecular formula is C83H59BN8. The lowest BCUT2D eigenvalue weighted by molar-refractivity contribution is 0.591. The van der Waals surface area contributed by atoms with Crippen LogP contribution in [0, 0.1) is 0 Å². The maximum absolute atomic E-state index is 5.70. The van der Waals surface area contributed by atoms with Gasteiger partial charge in [-0.25, -0.2) is 24.9 Å². The molecule has 0 saturated carbocycles. The maximum atomic E-state index is 5.70. The minimum absolute atomic E-state index is 0.0485. The van der Waals surface area contributed by atoms with Crippen molar-refractivity contribution in [3.63, 3.8) is 0 Å². The Morgan fingerprint density at radius 2 is 0.761 bits per heavy atom. The molecule has 15 aromatic rings. The van der Waals surface area contributed by atoms with Gasteiger partial charge in [0.05, 0.1) is 28.1 Å². The van der Waals surface area contributed by atoms with Crippen LogP contribution in [0.15, 0.2) is 303 Å². The molecule has 9 heteroatoms. The third-order valence-corrected chi connectivity index (χ3v) is 18.2. The number of anilines is 6. The summed E-state index contributed by atoms with van der Waals surface area (Å²) >= 11 is 0. The molecule has 2 aliphatic rings. The van der Waals surface area contributed by atoms with Gasteiger partial charge in [0.25, 0.3) is 6.71 Å². The second-order valence-electron chi connectivity index (χ2n) is 24.8. The summed E-state index contributed by atoms with van der Waals surface area (Å²) in [6, 6.07) is 108. The summed E-state index contributed by atoms with van der Waals surface area (Å²) in [6.45, 7) is 6.88. The molecule has 0 spiro atoms. The predicted molar refractivity (Wildman–Crippen MR) is 381 cm³/mol. The fraction of sp³-hybridized carbons (Fsp3) is 0.0482. The first kappa shape index (κ1) is 54.4. The van der Waals surface area contributed by atoms with Crippen LogP contribution in [0.5, 0.6) is 0 Å². The minimum Gasteiger partial charge on any atom is -0.311 e. The zero-order chi connectivity index (χ0) is 61.4. The summed E-state index contributed by atoms with van der Waals surface area (Å²) < 4.78 is 2.40. The quantitative estimate of drug-likeness (QED) is 0.126. The van der Waals surface area contributed by atoms with Gasteiger partial charge in [0.2, 0.25) is 0 Å². The van der Waals surface area contributed by atoms with E-state index in [0.29, 0.717) is 23.3 Å². The highest BCUT2D eigenvalue weighted by atomic mass is 15.2. The molecule has 0 N–H and O–H groups in total. The largest absolute Gasteiger partial charge is 0.311 e. The van der Waals surface area contributed by atoms with Crippen LogP contribution < -0.4 is 26.2 Å². The van der Waals surface area contributed by atoms with E-state index in [-0.39, 0.29) is 12.1 Å². The van der Waals surface area contributed by atoms with Crippen molar-refractivity contribution >= 4 is 79.0 Å². The number of hydrogen-bond acceptors (Lipinski definition) is 7. The first-order chi connectivity index (χ1) is 45.3. The fourth-order valence-electron chi connectivity index (χ4n) is 13.8. The van der Waals surface area contributed by atoms with Gasteiger partial charge in [-0.1, -0.05) is 227 Å². The molecule has 0 aliphatic carbocycles. The Hall–Kier alpha value is -11.8. The maximum Gasteiger partial charge on any atom is 0.252 e. The lowest BCUT2D eigenvalue weighted by atomic mass is 9.33. The topological polar surface area (TPSA) is 75.9 Å². The molecular weight excluding hydrogens is 1120 g/mol. The first-order valence-corrected chi connectivity index (χ1v) is 31.4. The van der Waals surface area contributed by atoms with Gasteiger partial charge in [-0.05, 0) is 136 Å². The number of rotatable bonds is 10. The Bertz CT molecular complexity index is 5300. The molecule has 0 radical (unpaired) electrons. The SMILES string of the molecule is CC(C)(C)c1ccc2c(c1)c1ccccc1n2-c1ccc(-c2nc(-c3ccccc3)nc(-c3ccccc3)n2)cc1-c1cc(-c2ccccc2)nc(-c2cccc(-c3cccc(N4c5ccccc5B5c6ccccc6N(c6ccccc6)c6cccc4c65)c3)c2)n1. The van der Waals surface area contributed by atoms with Gasteiger partial charge in [0.1, 0.15) is 0 Å². The van der Waals surface area contributed by atoms with Crippen molar-refractivity contribution in [1.82, 2.24) is 29.5 Å². The van der Waals surface area contributed by atoms with E-state index in [1.54, 1.807) is 0 Å². The van der Waals surface area contributed by atoms with Crippen LogP contribution in [0.4, 0.5) is 34.1 Å². The Morgan fingerprint density at radius 1 is 0.293 bits per heavy atom. The van der Waals surface area contributed by atoms with E-state index >= 15 is 0 Å². The molecule has 434 valence electrons. The summed E-state index contributed by atoms with van der Waals surface area (Å²) in [5.41, 5.74) is 24.2. The molecule has 0 atom stereocenters. The Labute approximate surface area is 535 Å². The summed E-state index contributed by atoms with van der Waals surface area (Å²) in [4.78, 5) is 31.7. The van der Waals surface area contributed by atoms with Crippen molar-refractivity contribution in [1.29, 1.82) is 0 Å². The zero-order valence-corrected chi connectivity index (χ0v) is 51.0. The average Bonchev–Trinajstić information content (AvgIpc) is 0.858. The molecule has 92 heavy (non-hydrogen) atoms. The van der Waals surface area contributed by atoms with Crippen LogP contribution in [-0.4, -0.2) is 36.2 Å².